The van der Waals surface area contributed by atoms with Gasteiger partial charge < -0.3 is 9.47 Å². The highest BCUT2D eigenvalue weighted by molar-refractivity contribution is 7.89. The lowest BCUT2D eigenvalue weighted by Crippen LogP contribution is -2.23. The van der Waals surface area contributed by atoms with E-state index in [2.05, 4.69) is 21.8 Å². The van der Waals surface area contributed by atoms with E-state index < -0.39 is 10.0 Å². The lowest BCUT2D eigenvalue weighted by atomic mass is 10.1. The molecule has 4 rings (SSSR count). The lowest BCUT2D eigenvalue weighted by molar-refractivity contribution is 0.174. The summed E-state index contributed by atoms with van der Waals surface area (Å²) in [5.41, 5.74) is 1.20. The maximum atomic E-state index is 12.5. The standard InChI is InChI=1S/C18H16N2O4S2/c21-26(22,15-6-7-16-17(9-15)24-12-23-16)20-11-18-19-10-14(25-18)8-13-4-2-1-3-5-13/h1-7,9-10,20H,8,11-12H2. The van der Waals surface area contributed by atoms with Crippen LogP contribution in [0.15, 0.2) is 59.6 Å². The Morgan fingerprint density at radius 1 is 1.08 bits per heavy atom. The van der Waals surface area contributed by atoms with Crippen LogP contribution in [0.25, 0.3) is 0 Å². The minimum atomic E-state index is -3.65. The molecule has 0 fully saturated rings. The van der Waals surface area contributed by atoms with E-state index in [1.165, 1.54) is 29.0 Å². The van der Waals surface area contributed by atoms with Crippen molar-refractivity contribution in [3.05, 3.63) is 70.2 Å². The smallest absolute Gasteiger partial charge is 0.241 e. The Bertz CT molecular complexity index is 1020. The van der Waals surface area contributed by atoms with Gasteiger partial charge in [-0.25, -0.2) is 18.1 Å². The van der Waals surface area contributed by atoms with Crippen LogP contribution in [-0.2, 0) is 23.0 Å². The lowest BCUT2D eigenvalue weighted by Gasteiger charge is -2.06. The molecule has 0 unspecified atom stereocenters. The molecule has 0 aliphatic carbocycles. The Morgan fingerprint density at radius 2 is 1.88 bits per heavy atom. The van der Waals surface area contributed by atoms with E-state index in [0.29, 0.717) is 11.5 Å². The molecule has 0 radical (unpaired) electrons. The number of sulfonamides is 1. The van der Waals surface area contributed by atoms with Crippen molar-refractivity contribution in [3.63, 3.8) is 0 Å². The van der Waals surface area contributed by atoms with Gasteiger partial charge in [0, 0.05) is 23.6 Å². The van der Waals surface area contributed by atoms with Crippen molar-refractivity contribution in [1.29, 1.82) is 0 Å². The first kappa shape index (κ1) is 17.0. The van der Waals surface area contributed by atoms with Gasteiger partial charge in [-0.05, 0) is 17.7 Å². The van der Waals surface area contributed by atoms with Crippen LogP contribution in [-0.4, -0.2) is 20.2 Å². The van der Waals surface area contributed by atoms with Gasteiger partial charge in [-0.1, -0.05) is 30.3 Å². The fourth-order valence-corrected chi connectivity index (χ4v) is 4.58. The zero-order valence-electron chi connectivity index (χ0n) is 13.7. The summed E-state index contributed by atoms with van der Waals surface area (Å²) in [5.74, 6) is 0.988. The van der Waals surface area contributed by atoms with Crippen LogP contribution in [0.2, 0.25) is 0 Å². The van der Waals surface area contributed by atoms with Gasteiger partial charge in [-0.3, -0.25) is 0 Å². The molecule has 0 spiro atoms. The molecule has 0 atom stereocenters. The van der Waals surface area contributed by atoms with E-state index in [9.17, 15) is 8.42 Å². The van der Waals surface area contributed by atoms with E-state index in [0.717, 1.165) is 16.3 Å². The summed E-state index contributed by atoms with van der Waals surface area (Å²) in [5, 5.41) is 0.722. The Balaban J connectivity index is 1.42. The number of ether oxygens (including phenoxy) is 2. The molecule has 3 aromatic rings. The molecular weight excluding hydrogens is 372 g/mol. The topological polar surface area (TPSA) is 77.5 Å². The number of hydrogen-bond donors (Lipinski definition) is 1. The minimum Gasteiger partial charge on any atom is -0.454 e. The number of nitrogens with zero attached hydrogens (tertiary/aromatic N) is 1. The zero-order valence-corrected chi connectivity index (χ0v) is 15.3. The molecule has 0 saturated heterocycles. The van der Waals surface area contributed by atoms with Gasteiger partial charge in [0.1, 0.15) is 5.01 Å². The summed E-state index contributed by atoms with van der Waals surface area (Å²) in [4.78, 5) is 5.55. The van der Waals surface area contributed by atoms with Crippen LogP contribution in [0.3, 0.4) is 0 Å². The number of aromatic nitrogens is 1. The van der Waals surface area contributed by atoms with Crippen LogP contribution in [0.5, 0.6) is 11.5 Å². The Kier molecular flexibility index (Phi) is 4.62. The zero-order chi connectivity index (χ0) is 18.0. The molecule has 8 heteroatoms. The summed E-state index contributed by atoms with van der Waals surface area (Å²) in [7, 11) is -3.65. The number of thiazole rings is 1. The molecule has 0 amide bonds. The quantitative estimate of drug-likeness (QED) is 0.703. The Hall–Kier alpha value is -2.42. The second-order valence-corrected chi connectivity index (χ2v) is 8.69. The number of rotatable bonds is 6. The molecule has 2 aromatic carbocycles. The van der Waals surface area contributed by atoms with E-state index in [1.54, 1.807) is 12.3 Å². The van der Waals surface area contributed by atoms with E-state index in [1.807, 2.05) is 18.2 Å². The van der Waals surface area contributed by atoms with Crippen molar-refractivity contribution >= 4 is 21.4 Å². The largest absolute Gasteiger partial charge is 0.454 e. The molecule has 1 aliphatic heterocycles. The van der Waals surface area contributed by atoms with Gasteiger partial charge in [0.25, 0.3) is 0 Å². The van der Waals surface area contributed by atoms with Gasteiger partial charge in [0.15, 0.2) is 11.5 Å². The highest BCUT2D eigenvalue weighted by Crippen LogP contribution is 2.33. The molecule has 134 valence electrons. The van der Waals surface area contributed by atoms with Gasteiger partial charge in [-0.15, -0.1) is 11.3 Å². The number of fused-ring (bicyclic) bond motifs is 1. The highest BCUT2D eigenvalue weighted by Gasteiger charge is 2.20. The highest BCUT2D eigenvalue weighted by atomic mass is 32.2. The van der Waals surface area contributed by atoms with Gasteiger partial charge in [-0.2, -0.15) is 0 Å². The monoisotopic (exact) mass is 388 g/mol. The van der Waals surface area contributed by atoms with Gasteiger partial charge in [0.2, 0.25) is 16.8 Å². The van der Waals surface area contributed by atoms with Crippen LogP contribution in [0.1, 0.15) is 15.4 Å². The van der Waals surface area contributed by atoms with Crippen molar-refractivity contribution in [1.82, 2.24) is 9.71 Å². The van der Waals surface area contributed by atoms with Gasteiger partial charge >= 0.3 is 0 Å². The minimum absolute atomic E-state index is 0.107. The molecular formula is C18H16N2O4S2. The predicted octanol–water partition coefficient (Wildman–Crippen LogP) is 2.94. The second kappa shape index (κ2) is 7.06. The third kappa shape index (κ3) is 3.72. The molecule has 2 heterocycles. The Morgan fingerprint density at radius 3 is 2.73 bits per heavy atom. The first-order valence-corrected chi connectivity index (χ1v) is 10.3. The van der Waals surface area contributed by atoms with Crippen LogP contribution in [0.4, 0.5) is 0 Å². The average Bonchev–Trinajstić information content (AvgIpc) is 3.29. The molecule has 1 aromatic heterocycles. The van der Waals surface area contributed by atoms with Crippen LogP contribution >= 0.6 is 11.3 Å². The molecule has 1 aliphatic rings. The number of nitrogens with one attached hydrogen (secondary N) is 1. The molecule has 26 heavy (non-hydrogen) atoms. The summed E-state index contributed by atoms with van der Waals surface area (Å²) in [6.07, 6.45) is 2.58. The van der Waals surface area contributed by atoms with Crippen molar-refractivity contribution < 1.29 is 17.9 Å². The number of hydrogen-bond acceptors (Lipinski definition) is 6. The normalized spacial score (nSPS) is 13.1. The average molecular weight is 388 g/mol. The van der Waals surface area contributed by atoms with Crippen molar-refractivity contribution in [2.24, 2.45) is 0 Å². The maximum absolute atomic E-state index is 12.5. The number of benzene rings is 2. The van der Waals surface area contributed by atoms with E-state index in [4.69, 9.17) is 9.47 Å². The summed E-state index contributed by atoms with van der Waals surface area (Å²) >= 11 is 1.50. The van der Waals surface area contributed by atoms with Crippen molar-refractivity contribution in [2.75, 3.05) is 6.79 Å². The molecule has 0 bridgehead atoms. The van der Waals surface area contributed by atoms with Crippen molar-refractivity contribution in [2.45, 2.75) is 17.9 Å². The predicted molar refractivity (Wildman–Crippen MR) is 98.0 cm³/mol. The van der Waals surface area contributed by atoms with E-state index in [-0.39, 0.29) is 18.2 Å². The Labute approximate surface area is 155 Å². The van der Waals surface area contributed by atoms with Gasteiger partial charge in [0.05, 0.1) is 11.4 Å². The van der Waals surface area contributed by atoms with E-state index >= 15 is 0 Å². The summed E-state index contributed by atoms with van der Waals surface area (Å²) < 4.78 is 38.0. The fourth-order valence-electron chi connectivity index (χ4n) is 2.59. The maximum Gasteiger partial charge on any atom is 0.241 e. The molecule has 1 N–H and O–H groups in total. The second-order valence-electron chi connectivity index (χ2n) is 5.72. The van der Waals surface area contributed by atoms with Crippen molar-refractivity contribution in [3.8, 4) is 11.5 Å². The summed E-state index contributed by atoms with van der Waals surface area (Å²) in [6.45, 7) is 0.256. The first-order chi connectivity index (χ1) is 12.6. The molecule has 6 nitrogen and oxygen atoms in total. The fraction of sp³-hybridized carbons (Fsp3) is 0.167. The molecule has 0 saturated carbocycles. The SMILES string of the molecule is O=S(=O)(NCc1ncc(Cc2ccccc2)s1)c1ccc2c(c1)OCO2. The first-order valence-electron chi connectivity index (χ1n) is 7.97. The van der Waals surface area contributed by atoms with Crippen LogP contribution in [0, 0.1) is 0 Å². The third-order valence-corrected chi connectivity index (χ3v) is 6.29. The summed E-state index contributed by atoms with van der Waals surface area (Å²) in [6, 6.07) is 14.6. The third-order valence-electron chi connectivity index (χ3n) is 3.89. The van der Waals surface area contributed by atoms with Crippen LogP contribution < -0.4 is 14.2 Å².